The number of carbonyl (C=O) groups excluding carboxylic acids is 2. The van der Waals surface area contributed by atoms with Crippen LogP contribution in [0.15, 0.2) is 79.0 Å². The highest BCUT2D eigenvalue weighted by Gasteiger charge is 2.40. The van der Waals surface area contributed by atoms with Crippen LogP contribution in [0.1, 0.15) is 44.5 Å². The van der Waals surface area contributed by atoms with Crippen molar-refractivity contribution in [3.8, 4) is 28.6 Å². The van der Waals surface area contributed by atoms with Crippen LogP contribution in [-0.4, -0.2) is 63.9 Å². The zero-order valence-electron chi connectivity index (χ0n) is 27.6. The van der Waals surface area contributed by atoms with Crippen LogP contribution in [-0.2, 0) is 29.1 Å². The van der Waals surface area contributed by atoms with Crippen molar-refractivity contribution in [2.75, 3.05) is 20.2 Å². The van der Waals surface area contributed by atoms with E-state index in [-0.39, 0.29) is 43.4 Å². The molecule has 5 rings (SSSR count). The number of benzene rings is 2. The Morgan fingerprint density at radius 2 is 1.74 bits per heavy atom. The molecule has 1 N–H and O–H groups in total. The molecule has 1 saturated heterocycles. The minimum Gasteiger partial charge on any atom is -0.481 e. The number of aromatic nitrogens is 2. The smallest absolute Gasteiger partial charge is 0.244 e. The number of rotatable bonds is 11. The van der Waals surface area contributed by atoms with Crippen LogP contribution in [0.4, 0.5) is 4.39 Å². The highest BCUT2D eigenvalue weighted by Crippen LogP contribution is 2.31. The molecule has 4 aromatic rings. The van der Waals surface area contributed by atoms with Gasteiger partial charge in [-0.25, -0.2) is 9.37 Å². The van der Waals surface area contributed by atoms with E-state index in [1.165, 1.54) is 6.07 Å². The Morgan fingerprint density at radius 1 is 1.00 bits per heavy atom. The second-order valence-corrected chi connectivity index (χ2v) is 12.1. The molecule has 1 fully saturated rings. The molecule has 0 spiro atoms. The Balaban J connectivity index is 1.32. The van der Waals surface area contributed by atoms with E-state index in [1.807, 2.05) is 75.1 Å². The topological polar surface area (TPSA) is 96.9 Å². The maximum Gasteiger partial charge on any atom is 0.244 e. The van der Waals surface area contributed by atoms with E-state index >= 15 is 4.39 Å². The second kappa shape index (κ2) is 15.2. The summed E-state index contributed by atoms with van der Waals surface area (Å²) in [6.45, 7) is 8.80. The first-order chi connectivity index (χ1) is 22.7. The molecule has 2 aromatic heterocycles. The van der Waals surface area contributed by atoms with Gasteiger partial charge in [0, 0.05) is 61.5 Å². The van der Waals surface area contributed by atoms with Gasteiger partial charge in [0.25, 0.3) is 0 Å². The molecule has 2 amide bonds. The van der Waals surface area contributed by atoms with Gasteiger partial charge in [-0.05, 0) is 49.2 Å². The van der Waals surface area contributed by atoms with Gasteiger partial charge in [-0.15, -0.1) is 0 Å². The molecular formula is C37H42FN5O4. The van der Waals surface area contributed by atoms with Gasteiger partial charge in [0.05, 0.1) is 18.5 Å². The zero-order chi connectivity index (χ0) is 33.5. The average Bonchev–Trinajstić information content (AvgIpc) is 3.08. The Bertz CT molecular complexity index is 1700. The van der Waals surface area contributed by atoms with Gasteiger partial charge in [-0.2, -0.15) is 0 Å². The molecular weight excluding hydrogens is 597 g/mol. The number of pyridine rings is 2. The molecule has 1 aliphatic heterocycles. The number of amides is 2. The van der Waals surface area contributed by atoms with E-state index in [4.69, 9.17) is 9.47 Å². The predicted molar refractivity (Wildman–Crippen MR) is 178 cm³/mol. The fourth-order valence-corrected chi connectivity index (χ4v) is 5.88. The minimum absolute atomic E-state index is 0.0916. The highest BCUT2D eigenvalue weighted by molar-refractivity contribution is 5.89. The van der Waals surface area contributed by atoms with Crippen molar-refractivity contribution in [2.24, 2.45) is 5.92 Å². The van der Waals surface area contributed by atoms with Crippen LogP contribution < -0.4 is 14.8 Å². The third-order valence-electron chi connectivity index (χ3n) is 8.33. The number of aryl methyl sites for hydroxylation is 1. The molecule has 0 aliphatic carbocycles. The SMILES string of the molecule is CCc1ncccc1Oc1cccc(F)c1CN1C[C@@H](C)N(C(=O)C(C)C)[C@@H](C(=O)NCc2ccc(-c3cccc(OC)n3)cc2)C1. The van der Waals surface area contributed by atoms with Gasteiger partial charge in [0.1, 0.15) is 23.4 Å². The number of hydrogen-bond acceptors (Lipinski definition) is 7. The summed E-state index contributed by atoms with van der Waals surface area (Å²) in [6, 6.07) is 20.7. The summed E-state index contributed by atoms with van der Waals surface area (Å²) < 4.78 is 26.8. The summed E-state index contributed by atoms with van der Waals surface area (Å²) in [6.07, 6.45) is 2.38. The molecule has 47 heavy (non-hydrogen) atoms. The van der Waals surface area contributed by atoms with Crippen molar-refractivity contribution in [3.63, 3.8) is 0 Å². The van der Waals surface area contributed by atoms with E-state index in [0.717, 1.165) is 22.5 Å². The zero-order valence-corrected chi connectivity index (χ0v) is 27.6. The molecule has 3 heterocycles. The van der Waals surface area contributed by atoms with Crippen LogP contribution in [0.5, 0.6) is 17.4 Å². The molecule has 0 saturated carbocycles. The van der Waals surface area contributed by atoms with Crippen LogP contribution in [0.25, 0.3) is 11.3 Å². The normalized spacial score (nSPS) is 16.6. The number of hydrogen-bond donors (Lipinski definition) is 1. The minimum atomic E-state index is -0.755. The summed E-state index contributed by atoms with van der Waals surface area (Å²) in [5, 5.41) is 3.04. The molecule has 2 atom stereocenters. The van der Waals surface area contributed by atoms with Crippen molar-refractivity contribution >= 4 is 11.8 Å². The van der Waals surface area contributed by atoms with E-state index in [2.05, 4.69) is 15.3 Å². The van der Waals surface area contributed by atoms with Crippen LogP contribution >= 0.6 is 0 Å². The molecule has 10 heteroatoms. The quantitative estimate of drug-likeness (QED) is 0.214. The predicted octanol–water partition coefficient (Wildman–Crippen LogP) is 6.02. The molecule has 246 valence electrons. The molecule has 2 aromatic carbocycles. The van der Waals surface area contributed by atoms with Gasteiger partial charge in [0.2, 0.25) is 17.7 Å². The molecule has 9 nitrogen and oxygen atoms in total. The van der Waals surface area contributed by atoms with Crippen molar-refractivity contribution < 1.29 is 23.5 Å². The lowest BCUT2D eigenvalue weighted by Gasteiger charge is -2.45. The fraction of sp³-hybridized carbons (Fsp3) is 0.351. The van der Waals surface area contributed by atoms with Gasteiger partial charge < -0.3 is 19.7 Å². The molecule has 0 bridgehead atoms. The highest BCUT2D eigenvalue weighted by atomic mass is 19.1. The lowest BCUT2D eigenvalue weighted by Crippen LogP contribution is -2.64. The summed E-state index contributed by atoms with van der Waals surface area (Å²) in [7, 11) is 1.58. The summed E-state index contributed by atoms with van der Waals surface area (Å²) in [4.78, 5) is 39.7. The van der Waals surface area contributed by atoms with Crippen molar-refractivity contribution in [3.05, 3.63) is 102 Å². The first-order valence-corrected chi connectivity index (χ1v) is 16.0. The van der Waals surface area contributed by atoms with E-state index in [0.29, 0.717) is 35.9 Å². The summed E-state index contributed by atoms with van der Waals surface area (Å²) in [5.41, 5.74) is 3.78. The largest absolute Gasteiger partial charge is 0.481 e. The third-order valence-corrected chi connectivity index (χ3v) is 8.33. The van der Waals surface area contributed by atoms with E-state index in [1.54, 1.807) is 42.5 Å². The first-order valence-electron chi connectivity index (χ1n) is 16.0. The molecule has 0 radical (unpaired) electrons. The Morgan fingerprint density at radius 3 is 2.47 bits per heavy atom. The number of ether oxygens (including phenoxy) is 2. The number of nitrogens with zero attached hydrogens (tertiary/aromatic N) is 4. The van der Waals surface area contributed by atoms with E-state index in [9.17, 15) is 9.59 Å². The maximum absolute atomic E-state index is 15.4. The van der Waals surface area contributed by atoms with Gasteiger partial charge >= 0.3 is 0 Å². The maximum atomic E-state index is 15.4. The second-order valence-electron chi connectivity index (χ2n) is 12.1. The van der Waals surface area contributed by atoms with Gasteiger partial charge in [-0.1, -0.05) is 57.2 Å². The van der Waals surface area contributed by atoms with Crippen molar-refractivity contribution in [2.45, 2.75) is 59.3 Å². The average molecular weight is 640 g/mol. The first kappa shape index (κ1) is 33.5. The Labute approximate surface area is 275 Å². The Kier molecular flexibility index (Phi) is 10.8. The fourth-order valence-electron chi connectivity index (χ4n) is 5.88. The van der Waals surface area contributed by atoms with Crippen LogP contribution in [0.2, 0.25) is 0 Å². The van der Waals surface area contributed by atoms with Crippen molar-refractivity contribution in [1.29, 1.82) is 0 Å². The number of methoxy groups -OCH3 is 1. The Hall–Kier alpha value is -4.83. The summed E-state index contributed by atoms with van der Waals surface area (Å²) >= 11 is 0. The lowest BCUT2D eigenvalue weighted by atomic mass is 10.0. The molecule has 1 aliphatic rings. The number of carbonyl (C=O) groups is 2. The number of nitrogens with one attached hydrogen (secondary N) is 1. The van der Waals surface area contributed by atoms with Crippen LogP contribution in [0, 0.1) is 11.7 Å². The van der Waals surface area contributed by atoms with Gasteiger partial charge in [-0.3, -0.25) is 19.5 Å². The van der Waals surface area contributed by atoms with Crippen LogP contribution in [0.3, 0.4) is 0 Å². The summed E-state index contributed by atoms with van der Waals surface area (Å²) in [5.74, 6) is 0.477. The number of halogens is 1. The van der Waals surface area contributed by atoms with E-state index < -0.39 is 11.9 Å². The monoisotopic (exact) mass is 639 g/mol. The third kappa shape index (κ3) is 7.94. The van der Waals surface area contributed by atoms with Gasteiger partial charge in [0.15, 0.2) is 0 Å². The number of piperazine rings is 1. The van der Waals surface area contributed by atoms with Crippen molar-refractivity contribution in [1.82, 2.24) is 25.1 Å². The standard InChI is InChI=1S/C37H42FN5O4/c1-6-30-34(13-9-19-39-30)47-33-12-7-10-29(38)28(33)22-42-21-25(4)43(37(45)24(2)3)32(23-42)36(44)40-20-26-15-17-27(18-16-26)31-11-8-14-35(41-31)46-5/h7-19,24-25,32H,6,20-23H2,1-5H3,(H,40,44)/t25-,32-/m1/s1. The lowest BCUT2D eigenvalue weighted by molar-refractivity contribution is -0.150. The molecule has 0 unspecified atom stereocenters.